The van der Waals surface area contributed by atoms with Crippen molar-refractivity contribution in [1.82, 2.24) is 9.97 Å². The van der Waals surface area contributed by atoms with Crippen LogP contribution in [0.2, 0.25) is 0 Å². The third-order valence-electron chi connectivity index (χ3n) is 3.51. The number of nitrogens with one attached hydrogen (secondary N) is 2. The fraction of sp³-hybridized carbons (Fsp3) is 0.389. The molecule has 2 aromatic rings. The van der Waals surface area contributed by atoms with E-state index in [2.05, 4.69) is 34.4 Å². The molecule has 6 nitrogen and oxygen atoms in total. The molecule has 24 heavy (non-hydrogen) atoms. The summed E-state index contributed by atoms with van der Waals surface area (Å²) in [5.74, 6) is 0.625. The van der Waals surface area contributed by atoms with E-state index >= 15 is 0 Å². The fourth-order valence-corrected chi connectivity index (χ4v) is 2.18. The lowest BCUT2D eigenvalue weighted by molar-refractivity contribution is 0.102. The van der Waals surface area contributed by atoms with Gasteiger partial charge in [0.1, 0.15) is 5.69 Å². The van der Waals surface area contributed by atoms with Crippen LogP contribution in [0.1, 0.15) is 41.5 Å². The number of methoxy groups -OCH3 is 1. The summed E-state index contributed by atoms with van der Waals surface area (Å²) in [5.41, 5.74) is 3.03. The molecule has 0 saturated carbocycles. The minimum atomic E-state index is -0.257. The minimum absolute atomic E-state index is 0.257. The van der Waals surface area contributed by atoms with Gasteiger partial charge in [-0.05, 0) is 36.6 Å². The Kier molecular flexibility index (Phi) is 6.26. The smallest absolute Gasteiger partial charge is 0.274 e. The molecule has 128 valence electrons. The molecule has 0 fully saturated rings. The molecule has 1 aromatic heterocycles. The second kappa shape index (κ2) is 8.40. The lowest BCUT2D eigenvalue weighted by Gasteiger charge is -2.10. The van der Waals surface area contributed by atoms with Crippen LogP contribution in [0.15, 0.2) is 30.3 Å². The highest BCUT2D eigenvalue weighted by Gasteiger charge is 2.11. The van der Waals surface area contributed by atoms with Crippen LogP contribution in [0.4, 0.5) is 11.6 Å². The Balaban J connectivity index is 2.08. The normalized spacial score (nSPS) is 10.7. The first-order valence-corrected chi connectivity index (χ1v) is 7.99. The number of aromatic nitrogens is 2. The van der Waals surface area contributed by atoms with Crippen LogP contribution in [0.3, 0.4) is 0 Å². The molecule has 1 aromatic carbocycles. The van der Waals surface area contributed by atoms with Crippen molar-refractivity contribution in [2.75, 3.05) is 30.9 Å². The summed E-state index contributed by atoms with van der Waals surface area (Å²) in [6, 6.07) is 9.50. The van der Waals surface area contributed by atoms with Crippen LogP contribution in [0.25, 0.3) is 0 Å². The number of carbonyl (C=O) groups excluding carboxylic acids is 1. The Hall–Kier alpha value is -2.47. The number of carbonyl (C=O) groups is 1. The van der Waals surface area contributed by atoms with E-state index in [1.165, 1.54) is 5.56 Å². The zero-order chi connectivity index (χ0) is 17.5. The second-order valence-corrected chi connectivity index (χ2v) is 5.87. The van der Waals surface area contributed by atoms with Crippen LogP contribution in [-0.2, 0) is 4.74 Å². The maximum absolute atomic E-state index is 12.4. The molecule has 2 N–H and O–H groups in total. The number of aryl methyl sites for hydroxylation is 1. The summed E-state index contributed by atoms with van der Waals surface area (Å²) >= 11 is 0. The summed E-state index contributed by atoms with van der Waals surface area (Å²) < 4.78 is 4.98. The Bertz CT molecular complexity index is 684. The quantitative estimate of drug-likeness (QED) is 0.763. The van der Waals surface area contributed by atoms with E-state index in [4.69, 9.17) is 4.74 Å². The van der Waals surface area contributed by atoms with Gasteiger partial charge in [-0.25, -0.2) is 9.97 Å². The zero-order valence-corrected chi connectivity index (χ0v) is 14.6. The van der Waals surface area contributed by atoms with Gasteiger partial charge < -0.3 is 15.4 Å². The van der Waals surface area contributed by atoms with E-state index in [9.17, 15) is 4.79 Å². The van der Waals surface area contributed by atoms with Crippen molar-refractivity contribution in [2.24, 2.45) is 0 Å². The predicted octanol–water partition coefficient (Wildman–Crippen LogP) is 3.22. The first-order valence-electron chi connectivity index (χ1n) is 7.99. The molecule has 0 atom stereocenters. The average molecular weight is 328 g/mol. The number of ether oxygens (including phenoxy) is 1. The Labute approximate surface area is 142 Å². The van der Waals surface area contributed by atoms with Gasteiger partial charge in [-0.2, -0.15) is 0 Å². The molecule has 2 rings (SSSR count). The molecule has 0 spiro atoms. The van der Waals surface area contributed by atoms with Crippen LogP contribution in [0.5, 0.6) is 0 Å². The van der Waals surface area contributed by atoms with Crippen LogP contribution < -0.4 is 10.6 Å². The molecule has 0 saturated heterocycles. The largest absolute Gasteiger partial charge is 0.383 e. The molecule has 0 unspecified atom stereocenters. The summed E-state index contributed by atoms with van der Waals surface area (Å²) in [7, 11) is 1.63. The minimum Gasteiger partial charge on any atom is -0.383 e. The average Bonchev–Trinajstić information content (AvgIpc) is 2.55. The van der Waals surface area contributed by atoms with E-state index in [1.54, 1.807) is 13.2 Å². The van der Waals surface area contributed by atoms with Crippen molar-refractivity contribution in [1.29, 1.82) is 0 Å². The molecular formula is C18H24N4O2. The summed E-state index contributed by atoms with van der Waals surface area (Å²) in [6.45, 7) is 7.22. The van der Waals surface area contributed by atoms with Crippen molar-refractivity contribution in [2.45, 2.75) is 26.7 Å². The molecule has 6 heteroatoms. The number of rotatable bonds is 7. The van der Waals surface area contributed by atoms with E-state index in [0.717, 1.165) is 11.4 Å². The molecule has 1 amide bonds. The predicted molar refractivity (Wildman–Crippen MR) is 95.6 cm³/mol. The van der Waals surface area contributed by atoms with Gasteiger partial charge in [0.25, 0.3) is 5.91 Å². The Morgan fingerprint density at radius 1 is 1.21 bits per heavy atom. The Morgan fingerprint density at radius 3 is 2.54 bits per heavy atom. The monoisotopic (exact) mass is 328 g/mol. The summed E-state index contributed by atoms with van der Waals surface area (Å²) in [5, 5.41) is 5.90. The van der Waals surface area contributed by atoms with Crippen LogP contribution >= 0.6 is 0 Å². The number of hydrogen-bond donors (Lipinski definition) is 2. The van der Waals surface area contributed by atoms with Gasteiger partial charge >= 0.3 is 0 Å². The van der Waals surface area contributed by atoms with E-state index in [-0.39, 0.29) is 5.91 Å². The maximum Gasteiger partial charge on any atom is 0.274 e. The summed E-state index contributed by atoms with van der Waals surface area (Å²) in [4.78, 5) is 20.9. The van der Waals surface area contributed by atoms with Crippen molar-refractivity contribution < 1.29 is 9.53 Å². The first-order chi connectivity index (χ1) is 11.5. The van der Waals surface area contributed by atoms with E-state index in [0.29, 0.717) is 30.7 Å². The topological polar surface area (TPSA) is 76.1 Å². The van der Waals surface area contributed by atoms with E-state index in [1.807, 2.05) is 31.2 Å². The molecule has 0 radical (unpaired) electrons. The third kappa shape index (κ3) is 5.03. The summed E-state index contributed by atoms with van der Waals surface area (Å²) in [6.07, 6.45) is 0. The van der Waals surface area contributed by atoms with Crippen molar-refractivity contribution in [3.63, 3.8) is 0 Å². The highest BCUT2D eigenvalue weighted by molar-refractivity contribution is 6.03. The Morgan fingerprint density at radius 2 is 1.92 bits per heavy atom. The van der Waals surface area contributed by atoms with Gasteiger partial charge in [-0.3, -0.25) is 4.79 Å². The molecule has 0 aliphatic carbocycles. The molecule has 1 heterocycles. The van der Waals surface area contributed by atoms with Gasteiger partial charge in [0.2, 0.25) is 5.95 Å². The molecular weight excluding hydrogens is 304 g/mol. The second-order valence-electron chi connectivity index (χ2n) is 5.87. The SMILES string of the molecule is COCCNc1nc(C)cc(C(=O)Nc2ccc(C(C)C)cc2)n1. The van der Waals surface area contributed by atoms with Gasteiger partial charge in [0, 0.05) is 25.0 Å². The number of benzene rings is 1. The van der Waals surface area contributed by atoms with Crippen LogP contribution in [-0.4, -0.2) is 36.1 Å². The third-order valence-corrected chi connectivity index (χ3v) is 3.51. The highest BCUT2D eigenvalue weighted by Crippen LogP contribution is 2.17. The van der Waals surface area contributed by atoms with E-state index < -0.39 is 0 Å². The van der Waals surface area contributed by atoms with Crippen molar-refractivity contribution >= 4 is 17.5 Å². The number of hydrogen-bond acceptors (Lipinski definition) is 5. The lowest BCUT2D eigenvalue weighted by atomic mass is 10.0. The molecule has 0 bridgehead atoms. The maximum atomic E-state index is 12.4. The highest BCUT2D eigenvalue weighted by atomic mass is 16.5. The molecule has 0 aliphatic rings. The van der Waals surface area contributed by atoms with Crippen LogP contribution in [0, 0.1) is 6.92 Å². The molecule has 0 aliphatic heterocycles. The van der Waals surface area contributed by atoms with Gasteiger partial charge in [-0.15, -0.1) is 0 Å². The fourth-order valence-electron chi connectivity index (χ4n) is 2.18. The van der Waals surface area contributed by atoms with Gasteiger partial charge in [-0.1, -0.05) is 26.0 Å². The van der Waals surface area contributed by atoms with Crippen molar-refractivity contribution in [3.8, 4) is 0 Å². The zero-order valence-electron chi connectivity index (χ0n) is 14.6. The van der Waals surface area contributed by atoms with Gasteiger partial charge in [0.15, 0.2) is 0 Å². The number of anilines is 2. The first kappa shape index (κ1) is 17.9. The lowest BCUT2D eigenvalue weighted by Crippen LogP contribution is -2.17. The number of nitrogens with zero attached hydrogens (tertiary/aromatic N) is 2. The number of amides is 1. The van der Waals surface area contributed by atoms with Crippen molar-refractivity contribution in [3.05, 3.63) is 47.3 Å². The van der Waals surface area contributed by atoms with Gasteiger partial charge in [0.05, 0.1) is 6.61 Å². The standard InChI is InChI=1S/C18H24N4O2/c1-12(2)14-5-7-15(8-6-14)21-17(23)16-11-13(3)20-18(22-16)19-9-10-24-4/h5-8,11-12H,9-10H2,1-4H3,(H,21,23)(H,19,20,22).